The first-order valence-electron chi connectivity index (χ1n) is 6.42. The SMILES string of the molecule is COc1cccc(COC(=O)c2c(C)cc(=O)oc2C)c1. The molecule has 0 atom stereocenters. The standard InChI is InChI=1S/C16H16O5/c1-10-7-14(17)21-11(2)15(10)16(18)20-9-12-5-4-6-13(8-12)19-3/h4-8H,9H2,1-3H3. The lowest BCUT2D eigenvalue weighted by molar-refractivity contribution is 0.0467. The summed E-state index contributed by atoms with van der Waals surface area (Å²) in [6.07, 6.45) is 0. The molecule has 0 amide bonds. The molecule has 0 bridgehead atoms. The summed E-state index contributed by atoms with van der Waals surface area (Å²) in [6, 6.07) is 8.53. The fraction of sp³-hybridized carbons (Fsp3) is 0.250. The molecule has 0 radical (unpaired) electrons. The van der Waals surface area contributed by atoms with E-state index in [1.807, 2.05) is 18.2 Å². The lowest BCUT2D eigenvalue weighted by Crippen LogP contribution is -2.12. The summed E-state index contributed by atoms with van der Waals surface area (Å²) in [7, 11) is 1.57. The summed E-state index contributed by atoms with van der Waals surface area (Å²) in [5, 5.41) is 0. The normalized spacial score (nSPS) is 10.2. The second-order valence-electron chi connectivity index (χ2n) is 4.61. The Bertz CT molecular complexity index is 689. The van der Waals surface area contributed by atoms with Gasteiger partial charge in [-0.25, -0.2) is 9.59 Å². The molecule has 110 valence electrons. The van der Waals surface area contributed by atoms with Crippen LogP contribution in [0.5, 0.6) is 5.75 Å². The Labute approximate surface area is 122 Å². The maximum Gasteiger partial charge on any atom is 0.342 e. The molecular formula is C16H16O5. The van der Waals surface area contributed by atoms with Crippen molar-refractivity contribution < 1.29 is 18.7 Å². The monoisotopic (exact) mass is 288 g/mol. The summed E-state index contributed by atoms with van der Waals surface area (Å²) in [6.45, 7) is 3.36. The van der Waals surface area contributed by atoms with Crippen molar-refractivity contribution in [2.75, 3.05) is 7.11 Å². The van der Waals surface area contributed by atoms with Crippen LogP contribution in [0.4, 0.5) is 0 Å². The van der Waals surface area contributed by atoms with E-state index in [1.54, 1.807) is 27.0 Å². The number of aryl methyl sites for hydroxylation is 2. The topological polar surface area (TPSA) is 65.7 Å². The van der Waals surface area contributed by atoms with Crippen LogP contribution in [0.2, 0.25) is 0 Å². The van der Waals surface area contributed by atoms with E-state index in [0.29, 0.717) is 11.3 Å². The van der Waals surface area contributed by atoms with Crippen molar-refractivity contribution in [1.29, 1.82) is 0 Å². The highest BCUT2D eigenvalue weighted by molar-refractivity contribution is 5.91. The fourth-order valence-corrected chi connectivity index (χ4v) is 2.05. The Morgan fingerprint density at radius 1 is 1.24 bits per heavy atom. The van der Waals surface area contributed by atoms with Crippen molar-refractivity contribution in [3.05, 3.63) is 63.2 Å². The van der Waals surface area contributed by atoms with Crippen LogP contribution in [0, 0.1) is 13.8 Å². The molecule has 0 aliphatic carbocycles. The van der Waals surface area contributed by atoms with Gasteiger partial charge in [-0.3, -0.25) is 0 Å². The highest BCUT2D eigenvalue weighted by Gasteiger charge is 2.16. The minimum Gasteiger partial charge on any atom is -0.497 e. The third kappa shape index (κ3) is 3.51. The molecule has 21 heavy (non-hydrogen) atoms. The van der Waals surface area contributed by atoms with Gasteiger partial charge < -0.3 is 13.9 Å². The molecule has 2 aromatic rings. The lowest BCUT2D eigenvalue weighted by atomic mass is 10.1. The summed E-state index contributed by atoms with van der Waals surface area (Å²) >= 11 is 0. The molecule has 0 aliphatic rings. The van der Waals surface area contributed by atoms with Crippen molar-refractivity contribution >= 4 is 5.97 Å². The zero-order chi connectivity index (χ0) is 15.4. The molecule has 1 aromatic carbocycles. The van der Waals surface area contributed by atoms with Crippen LogP contribution in [0.15, 0.2) is 39.5 Å². The highest BCUT2D eigenvalue weighted by Crippen LogP contribution is 2.16. The second kappa shape index (κ2) is 6.26. The number of benzene rings is 1. The number of rotatable bonds is 4. The molecule has 5 heteroatoms. The van der Waals surface area contributed by atoms with E-state index < -0.39 is 11.6 Å². The van der Waals surface area contributed by atoms with Crippen LogP contribution in [0.3, 0.4) is 0 Å². The predicted octanol–water partition coefficient (Wildman–Crippen LogP) is 2.62. The summed E-state index contributed by atoms with van der Waals surface area (Å²) in [4.78, 5) is 23.3. The van der Waals surface area contributed by atoms with Gasteiger partial charge in [-0.1, -0.05) is 12.1 Å². The Kier molecular flexibility index (Phi) is 4.42. The minimum absolute atomic E-state index is 0.119. The van der Waals surface area contributed by atoms with Crippen molar-refractivity contribution in [3.8, 4) is 5.75 Å². The first kappa shape index (κ1) is 14.8. The molecule has 1 heterocycles. The molecule has 2 rings (SSSR count). The molecular weight excluding hydrogens is 272 g/mol. The Morgan fingerprint density at radius 3 is 2.67 bits per heavy atom. The van der Waals surface area contributed by atoms with Gasteiger partial charge in [0, 0.05) is 6.07 Å². The van der Waals surface area contributed by atoms with Crippen LogP contribution in [0.25, 0.3) is 0 Å². The quantitative estimate of drug-likeness (QED) is 0.809. The van der Waals surface area contributed by atoms with Gasteiger partial charge in [-0.05, 0) is 37.1 Å². The molecule has 0 saturated carbocycles. The van der Waals surface area contributed by atoms with E-state index in [2.05, 4.69) is 0 Å². The zero-order valence-corrected chi connectivity index (χ0v) is 12.1. The summed E-state index contributed by atoms with van der Waals surface area (Å²) < 4.78 is 15.3. The van der Waals surface area contributed by atoms with Crippen LogP contribution >= 0.6 is 0 Å². The molecule has 0 N–H and O–H groups in total. The number of carbonyl (C=O) groups excluding carboxylic acids is 1. The third-order valence-corrected chi connectivity index (χ3v) is 3.04. The van der Waals surface area contributed by atoms with E-state index >= 15 is 0 Å². The van der Waals surface area contributed by atoms with Crippen molar-refractivity contribution in [2.45, 2.75) is 20.5 Å². The summed E-state index contributed by atoms with van der Waals surface area (Å²) in [5.74, 6) is 0.439. The first-order valence-corrected chi connectivity index (χ1v) is 6.42. The molecule has 0 fully saturated rings. The van der Waals surface area contributed by atoms with Crippen LogP contribution < -0.4 is 10.4 Å². The van der Waals surface area contributed by atoms with Gasteiger partial charge in [-0.2, -0.15) is 0 Å². The number of carbonyl (C=O) groups is 1. The van der Waals surface area contributed by atoms with Crippen LogP contribution in [-0.4, -0.2) is 13.1 Å². The number of ether oxygens (including phenoxy) is 2. The van der Waals surface area contributed by atoms with Gasteiger partial charge in [0.1, 0.15) is 23.7 Å². The lowest BCUT2D eigenvalue weighted by Gasteiger charge is -2.09. The molecule has 0 unspecified atom stereocenters. The van der Waals surface area contributed by atoms with Crippen molar-refractivity contribution in [1.82, 2.24) is 0 Å². The van der Waals surface area contributed by atoms with Gasteiger partial charge in [0.05, 0.1) is 7.11 Å². The molecule has 1 aromatic heterocycles. The number of esters is 1. The van der Waals surface area contributed by atoms with E-state index in [-0.39, 0.29) is 17.9 Å². The van der Waals surface area contributed by atoms with Crippen molar-refractivity contribution in [2.24, 2.45) is 0 Å². The second-order valence-corrected chi connectivity index (χ2v) is 4.61. The molecule has 0 saturated heterocycles. The number of methoxy groups -OCH3 is 1. The Balaban J connectivity index is 2.13. The van der Waals surface area contributed by atoms with Gasteiger partial charge in [0.15, 0.2) is 0 Å². The van der Waals surface area contributed by atoms with Gasteiger partial charge in [0.2, 0.25) is 0 Å². The largest absolute Gasteiger partial charge is 0.497 e. The van der Waals surface area contributed by atoms with Gasteiger partial charge in [0.25, 0.3) is 0 Å². The Hall–Kier alpha value is -2.56. The zero-order valence-electron chi connectivity index (χ0n) is 12.1. The molecule has 5 nitrogen and oxygen atoms in total. The van der Waals surface area contributed by atoms with E-state index in [0.717, 1.165) is 5.56 Å². The Morgan fingerprint density at radius 2 is 2.00 bits per heavy atom. The molecule has 0 aliphatic heterocycles. The maximum absolute atomic E-state index is 12.1. The van der Waals surface area contributed by atoms with E-state index in [9.17, 15) is 9.59 Å². The number of hydrogen-bond acceptors (Lipinski definition) is 5. The van der Waals surface area contributed by atoms with Gasteiger partial charge >= 0.3 is 11.6 Å². The average Bonchev–Trinajstić information content (AvgIpc) is 2.44. The maximum atomic E-state index is 12.1. The van der Waals surface area contributed by atoms with Gasteiger partial charge in [-0.15, -0.1) is 0 Å². The highest BCUT2D eigenvalue weighted by atomic mass is 16.5. The number of hydrogen-bond donors (Lipinski definition) is 0. The summed E-state index contributed by atoms with van der Waals surface area (Å²) in [5.41, 5.74) is 1.17. The minimum atomic E-state index is -0.517. The van der Waals surface area contributed by atoms with E-state index in [1.165, 1.54) is 6.07 Å². The smallest absolute Gasteiger partial charge is 0.342 e. The van der Waals surface area contributed by atoms with Crippen LogP contribution in [-0.2, 0) is 11.3 Å². The first-order chi connectivity index (χ1) is 10.0. The van der Waals surface area contributed by atoms with E-state index in [4.69, 9.17) is 13.9 Å². The average molecular weight is 288 g/mol. The fourth-order valence-electron chi connectivity index (χ4n) is 2.05. The molecule has 0 spiro atoms. The predicted molar refractivity (Wildman–Crippen MR) is 76.6 cm³/mol. The third-order valence-electron chi connectivity index (χ3n) is 3.04. The van der Waals surface area contributed by atoms with Crippen LogP contribution in [0.1, 0.15) is 27.2 Å². The van der Waals surface area contributed by atoms with Crippen molar-refractivity contribution in [3.63, 3.8) is 0 Å².